The summed E-state index contributed by atoms with van der Waals surface area (Å²) >= 11 is 1.48. The van der Waals surface area contributed by atoms with Crippen molar-refractivity contribution >= 4 is 34.4 Å². The van der Waals surface area contributed by atoms with Crippen LogP contribution in [-0.2, 0) is 6.18 Å². The van der Waals surface area contributed by atoms with E-state index in [0.29, 0.717) is 11.0 Å². The highest BCUT2D eigenvalue weighted by molar-refractivity contribution is 14.1. The Bertz CT molecular complexity index is 554. The standard InChI is InChI=1S/C10H9F3IN3O3/c1-16-7(18)8(19)17(9(16)20)6-2-4(10(11,12)13)5(14)3-15-6/h2-3,7-8,18-19H,1H3. The minimum atomic E-state index is -4.60. The molecule has 1 fully saturated rings. The SMILES string of the molecule is CN1C(=O)N(c2cc(C(F)(F)F)c(I)cn2)C(O)C1O. The zero-order valence-corrected chi connectivity index (χ0v) is 12.1. The largest absolute Gasteiger partial charge is 0.417 e. The third-order valence-corrected chi connectivity index (χ3v) is 3.69. The van der Waals surface area contributed by atoms with E-state index < -0.39 is 30.2 Å². The van der Waals surface area contributed by atoms with Crippen molar-refractivity contribution in [2.24, 2.45) is 0 Å². The molecule has 6 nitrogen and oxygen atoms in total. The van der Waals surface area contributed by atoms with Crippen LogP contribution in [0.25, 0.3) is 0 Å². The molecule has 110 valence electrons. The number of carbonyl (C=O) groups is 1. The summed E-state index contributed by atoms with van der Waals surface area (Å²) in [6.07, 6.45) is -6.87. The molecule has 10 heteroatoms. The maximum absolute atomic E-state index is 12.8. The lowest BCUT2D eigenvalue weighted by Gasteiger charge is -2.20. The lowest BCUT2D eigenvalue weighted by atomic mass is 10.2. The molecule has 2 atom stereocenters. The molecule has 0 radical (unpaired) electrons. The van der Waals surface area contributed by atoms with Gasteiger partial charge in [0.1, 0.15) is 5.82 Å². The summed E-state index contributed by atoms with van der Waals surface area (Å²) in [6.45, 7) is 0. The van der Waals surface area contributed by atoms with Crippen molar-refractivity contribution in [3.05, 3.63) is 21.4 Å². The first kappa shape index (κ1) is 15.3. The van der Waals surface area contributed by atoms with Crippen LogP contribution in [0.3, 0.4) is 0 Å². The fraction of sp³-hybridized carbons (Fsp3) is 0.400. The van der Waals surface area contributed by atoms with Crippen molar-refractivity contribution in [3.63, 3.8) is 0 Å². The van der Waals surface area contributed by atoms with Gasteiger partial charge in [-0.05, 0) is 28.7 Å². The molecule has 0 aromatic carbocycles. The molecule has 1 saturated heterocycles. The molecule has 0 saturated carbocycles. The van der Waals surface area contributed by atoms with E-state index in [4.69, 9.17) is 0 Å². The molecule has 1 aromatic heterocycles. The van der Waals surface area contributed by atoms with Crippen LogP contribution >= 0.6 is 22.6 Å². The fourth-order valence-corrected chi connectivity index (χ4v) is 2.34. The molecule has 2 heterocycles. The molecule has 20 heavy (non-hydrogen) atoms. The lowest BCUT2D eigenvalue weighted by Crippen LogP contribution is -2.37. The van der Waals surface area contributed by atoms with Gasteiger partial charge in [0, 0.05) is 16.8 Å². The molecular formula is C10H9F3IN3O3. The van der Waals surface area contributed by atoms with Gasteiger partial charge >= 0.3 is 12.2 Å². The average molecular weight is 403 g/mol. The van der Waals surface area contributed by atoms with E-state index in [-0.39, 0.29) is 9.39 Å². The quantitative estimate of drug-likeness (QED) is 0.692. The van der Waals surface area contributed by atoms with Crippen LogP contribution in [0.4, 0.5) is 23.8 Å². The zero-order valence-electron chi connectivity index (χ0n) is 9.97. The summed E-state index contributed by atoms with van der Waals surface area (Å²) in [5.74, 6) is -0.376. The zero-order chi connectivity index (χ0) is 15.2. The van der Waals surface area contributed by atoms with Crippen LogP contribution in [-0.4, -0.2) is 45.6 Å². The summed E-state index contributed by atoms with van der Waals surface area (Å²) in [7, 11) is 1.22. The van der Waals surface area contributed by atoms with Crippen molar-refractivity contribution < 1.29 is 28.2 Å². The molecule has 1 aromatic rings. The summed E-state index contributed by atoms with van der Waals surface area (Å²) in [4.78, 5) is 16.9. The van der Waals surface area contributed by atoms with Crippen LogP contribution in [0.1, 0.15) is 5.56 Å². The minimum absolute atomic E-state index is 0.131. The van der Waals surface area contributed by atoms with E-state index >= 15 is 0 Å². The number of hydrogen-bond donors (Lipinski definition) is 2. The first-order valence-corrected chi connectivity index (χ1v) is 6.37. The highest BCUT2D eigenvalue weighted by Crippen LogP contribution is 2.35. The highest BCUT2D eigenvalue weighted by Gasteiger charge is 2.44. The van der Waals surface area contributed by atoms with Crippen molar-refractivity contribution in [3.8, 4) is 0 Å². The van der Waals surface area contributed by atoms with E-state index in [1.54, 1.807) is 0 Å². The van der Waals surface area contributed by atoms with Gasteiger partial charge in [0.25, 0.3) is 0 Å². The van der Waals surface area contributed by atoms with Crippen molar-refractivity contribution in [2.45, 2.75) is 18.6 Å². The number of alkyl halides is 3. The summed E-state index contributed by atoms with van der Waals surface area (Å²) in [5, 5.41) is 19.2. The normalized spacial score (nSPS) is 23.6. The number of rotatable bonds is 1. The Morgan fingerprint density at radius 1 is 1.35 bits per heavy atom. The molecule has 2 rings (SSSR count). The van der Waals surface area contributed by atoms with Gasteiger partial charge in [0.2, 0.25) is 0 Å². The number of aliphatic hydroxyl groups excluding tert-OH is 2. The van der Waals surface area contributed by atoms with E-state index in [1.807, 2.05) is 0 Å². The first-order valence-electron chi connectivity index (χ1n) is 5.29. The molecule has 1 aliphatic heterocycles. The summed E-state index contributed by atoms with van der Waals surface area (Å²) in [5.41, 5.74) is -0.966. The van der Waals surface area contributed by atoms with E-state index in [1.165, 1.54) is 29.6 Å². The third-order valence-electron chi connectivity index (χ3n) is 2.83. The number of nitrogens with zero attached hydrogens (tertiary/aromatic N) is 3. The Kier molecular flexibility index (Phi) is 3.81. The van der Waals surface area contributed by atoms with Gasteiger partial charge in [-0.25, -0.2) is 14.7 Å². The van der Waals surface area contributed by atoms with Gasteiger partial charge in [0.05, 0.1) is 5.56 Å². The van der Waals surface area contributed by atoms with Gasteiger partial charge < -0.3 is 10.2 Å². The number of aliphatic hydroxyl groups is 2. The molecular weight excluding hydrogens is 394 g/mol. The molecule has 2 amide bonds. The second-order valence-corrected chi connectivity index (χ2v) is 5.27. The Morgan fingerprint density at radius 2 is 1.95 bits per heavy atom. The van der Waals surface area contributed by atoms with Crippen LogP contribution in [0.5, 0.6) is 0 Å². The van der Waals surface area contributed by atoms with E-state index in [9.17, 15) is 28.2 Å². The van der Waals surface area contributed by atoms with Crippen LogP contribution in [0, 0.1) is 3.57 Å². The highest BCUT2D eigenvalue weighted by atomic mass is 127. The van der Waals surface area contributed by atoms with Gasteiger partial charge in [0.15, 0.2) is 12.5 Å². The number of aromatic nitrogens is 1. The number of urea groups is 1. The predicted molar refractivity (Wildman–Crippen MR) is 69.6 cm³/mol. The number of likely N-dealkylation sites (N-methyl/N-ethyl adjacent to an activating group) is 1. The number of anilines is 1. The van der Waals surface area contributed by atoms with Gasteiger partial charge in [-0.3, -0.25) is 4.90 Å². The number of halogens is 4. The number of hydrogen-bond acceptors (Lipinski definition) is 4. The number of pyridine rings is 1. The number of carbonyl (C=O) groups excluding carboxylic acids is 1. The van der Waals surface area contributed by atoms with Gasteiger partial charge in [-0.2, -0.15) is 13.2 Å². The van der Waals surface area contributed by atoms with Gasteiger partial charge in [-0.1, -0.05) is 0 Å². The van der Waals surface area contributed by atoms with Crippen LogP contribution in [0.15, 0.2) is 12.3 Å². The monoisotopic (exact) mass is 403 g/mol. The molecule has 0 bridgehead atoms. The molecule has 0 spiro atoms. The number of amides is 2. The Morgan fingerprint density at radius 3 is 2.40 bits per heavy atom. The Hall–Kier alpha value is -1.14. The summed E-state index contributed by atoms with van der Waals surface area (Å²) < 4.78 is 38.3. The molecule has 0 aliphatic carbocycles. The van der Waals surface area contributed by atoms with E-state index in [2.05, 4.69) is 4.98 Å². The van der Waals surface area contributed by atoms with Crippen LogP contribution in [0.2, 0.25) is 0 Å². The smallest absolute Gasteiger partial charge is 0.369 e. The Labute approximate surface area is 124 Å². The van der Waals surface area contributed by atoms with Crippen molar-refractivity contribution in [2.75, 3.05) is 11.9 Å². The second kappa shape index (κ2) is 5.00. The fourth-order valence-electron chi connectivity index (χ4n) is 1.74. The van der Waals surface area contributed by atoms with Gasteiger partial charge in [-0.15, -0.1) is 0 Å². The predicted octanol–water partition coefficient (Wildman–Crippen LogP) is 1.21. The average Bonchev–Trinajstić information content (AvgIpc) is 2.54. The van der Waals surface area contributed by atoms with Crippen molar-refractivity contribution in [1.29, 1.82) is 0 Å². The van der Waals surface area contributed by atoms with E-state index in [0.717, 1.165) is 11.1 Å². The molecule has 2 unspecified atom stereocenters. The van der Waals surface area contributed by atoms with Crippen molar-refractivity contribution in [1.82, 2.24) is 9.88 Å². The topological polar surface area (TPSA) is 76.9 Å². The maximum Gasteiger partial charge on any atom is 0.417 e. The lowest BCUT2D eigenvalue weighted by molar-refractivity contribution is -0.138. The molecule has 1 aliphatic rings. The maximum atomic E-state index is 12.8. The van der Waals surface area contributed by atoms with Crippen LogP contribution < -0.4 is 4.90 Å². The Balaban J connectivity index is 2.47. The first-order chi connectivity index (χ1) is 9.14. The minimum Gasteiger partial charge on any atom is -0.369 e. The third kappa shape index (κ3) is 2.42. The molecule has 2 N–H and O–H groups in total. The summed E-state index contributed by atoms with van der Waals surface area (Å²) in [6, 6.07) is -0.179. The second-order valence-electron chi connectivity index (χ2n) is 4.11.